The van der Waals surface area contributed by atoms with Crippen LogP contribution in [0.4, 0.5) is 13.2 Å². The van der Waals surface area contributed by atoms with Crippen LogP contribution in [0, 0.1) is 0 Å². The SMILES string of the molecule is CCCc1c(OCCCn2ccc3cc(CC(=O)O)ccc32)ccc2c1OC(CC)C2C(F)(F)F. The Kier molecular flexibility index (Phi) is 7.28. The molecule has 1 aliphatic rings. The molecule has 0 spiro atoms. The molecule has 0 fully saturated rings. The van der Waals surface area contributed by atoms with Crippen molar-refractivity contribution in [3.05, 3.63) is 59.3 Å². The molecule has 5 nitrogen and oxygen atoms in total. The molecule has 3 aromatic rings. The third kappa shape index (κ3) is 5.26. The highest BCUT2D eigenvalue weighted by molar-refractivity contribution is 5.82. The summed E-state index contributed by atoms with van der Waals surface area (Å²) < 4.78 is 55.1. The molecule has 2 atom stereocenters. The summed E-state index contributed by atoms with van der Waals surface area (Å²) in [6.07, 6.45) is -0.981. The van der Waals surface area contributed by atoms with Gasteiger partial charge in [-0.3, -0.25) is 4.79 Å². The van der Waals surface area contributed by atoms with E-state index in [1.54, 1.807) is 13.0 Å². The smallest absolute Gasteiger partial charge is 0.399 e. The monoisotopic (exact) mass is 489 g/mol. The summed E-state index contributed by atoms with van der Waals surface area (Å²) in [4.78, 5) is 10.9. The summed E-state index contributed by atoms with van der Waals surface area (Å²) in [7, 11) is 0. The minimum Gasteiger partial charge on any atom is -0.493 e. The Labute approximate surface area is 202 Å². The minimum absolute atomic E-state index is 0.0116. The van der Waals surface area contributed by atoms with Crippen molar-refractivity contribution >= 4 is 16.9 Å². The van der Waals surface area contributed by atoms with Crippen LogP contribution < -0.4 is 9.47 Å². The highest BCUT2D eigenvalue weighted by Gasteiger charge is 2.51. The number of rotatable bonds is 10. The van der Waals surface area contributed by atoms with Crippen LogP contribution in [0.5, 0.6) is 11.5 Å². The van der Waals surface area contributed by atoms with Gasteiger partial charge in [-0.25, -0.2) is 0 Å². The van der Waals surface area contributed by atoms with E-state index in [1.807, 2.05) is 37.4 Å². The number of carboxylic acid groups (broad SMARTS) is 1. The first-order valence-electron chi connectivity index (χ1n) is 12.0. The molecule has 4 rings (SSSR count). The number of ether oxygens (including phenoxy) is 2. The van der Waals surface area contributed by atoms with Gasteiger partial charge in [-0.2, -0.15) is 13.2 Å². The number of carboxylic acids is 1. The second-order valence-electron chi connectivity index (χ2n) is 8.97. The summed E-state index contributed by atoms with van der Waals surface area (Å²) >= 11 is 0. The molecule has 0 saturated heterocycles. The normalized spacial score (nSPS) is 17.4. The number of nitrogens with zero attached hydrogens (tertiary/aromatic N) is 1. The maximum atomic E-state index is 13.7. The second-order valence-corrected chi connectivity index (χ2v) is 8.97. The Balaban J connectivity index is 1.45. The highest BCUT2D eigenvalue weighted by atomic mass is 19.4. The Bertz CT molecular complexity index is 1200. The molecule has 2 unspecified atom stereocenters. The van der Waals surface area contributed by atoms with Crippen molar-refractivity contribution in [1.82, 2.24) is 4.57 Å². The molecule has 0 aliphatic carbocycles. The summed E-state index contributed by atoms with van der Waals surface area (Å²) in [5.41, 5.74) is 2.70. The van der Waals surface area contributed by atoms with Crippen molar-refractivity contribution in [3.63, 3.8) is 0 Å². The largest absolute Gasteiger partial charge is 0.493 e. The first-order chi connectivity index (χ1) is 16.7. The summed E-state index contributed by atoms with van der Waals surface area (Å²) in [5, 5.41) is 9.97. The van der Waals surface area contributed by atoms with Crippen molar-refractivity contribution in [3.8, 4) is 11.5 Å². The highest BCUT2D eigenvalue weighted by Crippen LogP contribution is 2.51. The lowest BCUT2D eigenvalue weighted by Gasteiger charge is -2.20. The first kappa shape index (κ1) is 24.9. The van der Waals surface area contributed by atoms with Crippen molar-refractivity contribution < 1.29 is 32.5 Å². The van der Waals surface area contributed by atoms with Crippen LogP contribution in [-0.2, 0) is 24.2 Å². The molecule has 0 bridgehead atoms. The van der Waals surface area contributed by atoms with E-state index in [0.29, 0.717) is 43.1 Å². The van der Waals surface area contributed by atoms with Gasteiger partial charge >= 0.3 is 12.1 Å². The van der Waals surface area contributed by atoms with E-state index in [4.69, 9.17) is 14.6 Å². The predicted molar refractivity (Wildman–Crippen MR) is 127 cm³/mol. The van der Waals surface area contributed by atoms with Gasteiger partial charge in [0.25, 0.3) is 0 Å². The minimum atomic E-state index is -4.36. The Hall–Kier alpha value is -3.16. The van der Waals surface area contributed by atoms with E-state index in [1.165, 1.54) is 6.07 Å². The maximum Gasteiger partial charge on any atom is 0.399 e. The van der Waals surface area contributed by atoms with Gasteiger partial charge in [0.15, 0.2) is 0 Å². The second kappa shape index (κ2) is 10.2. The van der Waals surface area contributed by atoms with Gasteiger partial charge in [0.05, 0.1) is 13.0 Å². The molecular formula is C27H30F3NO4. The zero-order chi connectivity index (χ0) is 25.2. The lowest BCUT2D eigenvalue weighted by Crippen LogP contribution is -2.30. The van der Waals surface area contributed by atoms with Gasteiger partial charge in [0, 0.05) is 29.4 Å². The quantitative estimate of drug-likeness (QED) is 0.330. The van der Waals surface area contributed by atoms with E-state index < -0.39 is 24.2 Å². The van der Waals surface area contributed by atoms with E-state index >= 15 is 0 Å². The summed E-state index contributed by atoms with van der Waals surface area (Å²) in [5.74, 6) is -1.55. The molecule has 1 aliphatic heterocycles. The van der Waals surface area contributed by atoms with Crippen molar-refractivity contribution in [2.24, 2.45) is 0 Å². The number of alkyl halides is 3. The Morgan fingerprint density at radius 2 is 1.97 bits per heavy atom. The molecule has 0 radical (unpaired) electrons. The lowest BCUT2D eigenvalue weighted by atomic mass is 9.91. The van der Waals surface area contributed by atoms with E-state index in [2.05, 4.69) is 4.57 Å². The molecule has 1 aromatic heterocycles. The number of aryl methyl sites for hydroxylation is 1. The standard InChI is InChI=1S/C27H30F3NO4/c1-3-6-19-23(10-8-20-25(27(28,29)30)22(4-2)35-26(19)20)34-14-5-12-31-13-11-18-15-17(16-24(32)33)7-9-21(18)31/h7-11,13,15,22,25H,3-6,12,14,16H2,1-2H3,(H,32,33). The summed E-state index contributed by atoms with van der Waals surface area (Å²) in [6.45, 7) is 4.80. The topological polar surface area (TPSA) is 60.7 Å². The van der Waals surface area contributed by atoms with Crippen molar-refractivity contribution in [2.45, 2.75) is 70.7 Å². The van der Waals surface area contributed by atoms with Gasteiger partial charge in [-0.15, -0.1) is 0 Å². The van der Waals surface area contributed by atoms with Gasteiger partial charge in [-0.05, 0) is 54.5 Å². The van der Waals surface area contributed by atoms with Gasteiger partial charge in [-0.1, -0.05) is 32.4 Å². The fourth-order valence-electron chi connectivity index (χ4n) is 4.91. The van der Waals surface area contributed by atoms with Crippen LogP contribution in [-0.4, -0.2) is 34.5 Å². The number of hydrogen-bond acceptors (Lipinski definition) is 3. The fraction of sp³-hybridized carbons (Fsp3) is 0.444. The van der Waals surface area contributed by atoms with Crippen LogP contribution in [0.25, 0.3) is 10.9 Å². The van der Waals surface area contributed by atoms with Gasteiger partial charge in [0.1, 0.15) is 23.5 Å². The first-order valence-corrected chi connectivity index (χ1v) is 12.0. The van der Waals surface area contributed by atoms with E-state index in [0.717, 1.165) is 22.9 Å². The van der Waals surface area contributed by atoms with E-state index in [-0.39, 0.29) is 18.4 Å². The molecule has 0 saturated carbocycles. The lowest BCUT2D eigenvalue weighted by molar-refractivity contribution is -0.162. The van der Waals surface area contributed by atoms with Gasteiger partial charge in [0.2, 0.25) is 0 Å². The van der Waals surface area contributed by atoms with Gasteiger partial charge < -0.3 is 19.1 Å². The molecular weight excluding hydrogens is 459 g/mol. The number of fused-ring (bicyclic) bond motifs is 2. The third-order valence-electron chi connectivity index (χ3n) is 6.47. The van der Waals surface area contributed by atoms with Crippen molar-refractivity contribution in [1.29, 1.82) is 0 Å². The zero-order valence-electron chi connectivity index (χ0n) is 19.9. The fourth-order valence-corrected chi connectivity index (χ4v) is 4.91. The molecule has 2 aromatic carbocycles. The van der Waals surface area contributed by atoms with Crippen LogP contribution >= 0.6 is 0 Å². The molecule has 0 amide bonds. The predicted octanol–water partition coefficient (Wildman–Crippen LogP) is 6.51. The maximum absolute atomic E-state index is 13.7. The Morgan fingerprint density at radius 1 is 1.17 bits per heavy atom. The van der Waals surface area contributed by atoms with Crippen LogP contribution in [0.2, 0.25) is 0 Å². The number of benzene rings is 2. The van der Waals surface area contributed by atoms with Crippen LogP contribution in [0.3, 0.4) is 0 Å². The molecule has 188 valence electrons. The number of halogens is 3. The molecule has 35 heavy (non-hydrogen) atoms. The summed E-state index contributed by atoms with van der Waals surface area (Å²) in [6, 6.07) is 10.7. The number of carbonyl (C=O) groups is 1. The zero-order valence-corrected chi connectivity index (χ0v) is 19.9. The third-order valence-corrected chi connectivity index (χ3v) is 6.47. The van der Waals surface area contributed by atoms with Crippen LogP contribution in [0.15, 0.2) is 42.6 Å². The number of aromatic nitrogens is 1. The molecule has 8 heteroatoms. The van der Waals surface area contributed by atoms with Crippen LogP contribution in [0.1, 0.15) is 55.7 Å². The number of hydrogen-bond donors (Lipinski definition) is 1. The average molecular weight is 490 g/mol. The average Bonchev–Trinajstić information content (AvgIpc) is 3.38. The van der Waals surface area contributed by atoms with Crippen molar-refractivity contribution in [2.75, 3.05) is 6.61 Å². The van der Waals surface area contributed by atoms with E-state index in [9.17, 15) is 18.0 Å². The molecule has 1 N–H and O–H groups in total. The molecule has 2 heterocycles. The Morgan fingerprint density at radius 3 is 2.66 bits per heavy atom. The number of aliphatic carboxylic acids is 1.